The summed E-state index contributed by atoms with van der Waals surface area (Å²) in [6, 6.07) is 6.71. The van der Waals surface area contributed by atoms with Gasteiger partial charge in [0.15, 0.2) is 5.82 Å². The molecule has 1 saturated carbocycles. The number of benzene rings is 1. The van der Waals surface area contributed by atoms with Crippen molar-refractivity contribution in [2.75, 3.05) is 0 Å². The van der Waals surface area contributed by atoms with Crippen LogP contribution >= 0.6 is 27.5 Å². The zero-order valence-electron chi connectivity index (χ0n) is 10.0. The third-order valence-electron chi connectivity index (χ3n) is 3.23. The van der Waals surface area contributed by atoms with Gasteiger partial charge < -0.3 is 4.57 Å². The molecule has 0 unspecified atom stereocenters. The fraction of sp³-hybridized carbons (Fsp3) is 0.385. The summed E-state index contributed by atoms with van der Waals surface area (Å²) in [5, 5.41) is 8.52. The Hall–Kier alpha value is -0.870. The maximum atomic E-state index is 5.94. The van der Waals surface area contributed by atoms with E-state index in [1.54, 1.807) is 0 Å². The Labute approximate surface area is 119 Å². The van der Waals surface area contributed by atoms with Crippen molar-refractivity contribution in [1.82, 2.24) is 14.8 Å². The van der Waals surface area contributed by atoms with Crippen LogP contribution in [0, 0.1) is 6.92 Å². The van der Waals surface area contributed by atoms with Crippen molar-refractivity contribution >= 4 is 27.5 Å². The molecule has 1 fully saturated rings. The first-order valence-corrected chi connectivity index (χ1v) is 7.30. The van der Waals surface area contributed by atoms with Gasteiger partial charge in [0.25, 0.3) is 0 Å². The molecule has 0 radical (unpaired) electrons. The molecule has 0 saturated heterocycles. The summed E-state index contributed by atoms with van der Waals surface area (Å²) in [5.74, 6) is 2.19. The topological polar surface area (TPSA) is 30.7 Å². The molecule has 0 atom stereocenters. The van der Waals surface area contributed by atoms with Crippen molar-refractivity contribution < 1.29 is 0 Å². The number of alkyl halides is 1. The molecule has 0 aliphatic heterocycles. The SMILES string of the molecule is Cc1cccc(-c2nnc(CCl)n2C2CC2)c1Br. The molecule has 18 heavy (non-hydrogen) atoms. The van der Waals surface area contributed by atoms with E-state index in [9.17, 15) is 0 Å². The van der Waals surface area contributed by atoms with Crippen molar-refractivity contribution in [3.8, 4) is 11.4 Å². The molecule has 3 nitrogen and oxygen atoms in total. The first kappa shape index (κ1) is 12.2. The van der Waals surface area contributed by atoms with Gasteiger partial charge in [0.1, 0.15) is 5.82 Å². The molecule has 2 aromatic rings. The highest BCUT2D eigenvalue weighted by atomic mass is 79.9. The van der Waals surface area contributed by atoms with E-state index in [2.05, 4.69) is 49.8 Å². The quantitative estimate of drug-likeness (QED) is 0.795. The largest absolute Gasteiger partial charge is 0.307 e. The smallest absolute Gasteiger partial charge is 0.165 e. The van der Waals surface area contributed by atoms with E-state index in [4.69, 9.17) is 11.6 Å². The van der Waals surface area contributed by atoms with Crippen LogP contribution in [0.25, 0.3) is 11.4 Å². The number of aromatic nitrogens is 3. The zero-order valence-corrected chi connectivity index (χ0v) is 12.4. The van der Waals surface area contributed by atoms with E-state index in [1.165, 1.54) is 18.4 Å². The summed E-state index contributed by atoms with van der Waals surface area (Å²) >= 11 is 9.58. The van der Waals surface area contributed by atoms with Gasteiger partial charge in [-0.15, -0.1) is 21.8 Å². The van der Waals surface area contributed by atoms with Crippen molar-refractivity contribution in [2.45, 2.75) is 31.7 Å². The van der Waals surface area contributed by atoms with Gasteiger partial charge in [-0.2, -0.15) is 0 Å². The van der Waals surface area contributed by atoms with Gasteiger partial charge in [0, 0.05) is 16.1 Å². The predicted molar refractivity (Wildman–Crippen MR) is 75.7 cm³/mol. The van der Waals surface area contributed by atoms with Gasteiger partial charge >= 0.3 is 0 Å². The third-order valence-corrected chi connectivity index (χ3v) is 4.52. The van der Waals surface area contributed by atoms with Crippen molar-refractivity contribution in [2.24, 2.45) is 0 Å². The van der Waals surface area contributed by atoms with E-state index in [-0.39, 0.29) is 0 Å². The lowest BCUT2D eigenvalue weighted by atomic mass is 10.1. The van der Waals surface area contributed by atoms with Gasteiger partial charge in [0.2, 0.25) is 0 Å². The average molecular weight is 327 g/mol. The molecule has 5 heteroatoms. The van der Waals surface area contributed by atoms with Crippen LogP contribution < -0.4 is 0 Å². The molecule has 1 aromatic heterocycles. The minimum atomic E-state index is 0.410. The average Bonchev–Trinajstić information content (AvgIpc) is 3.12. The number of aryl methyl sites for hydroxylation is 1. The van der Waals surface area contributed by atoms with Crippen molar-refractivity contribution in [3.05, 3.63) is 34.1 Å². The molecular formula is C13H13BrClN3. The molecule has 0 bridgehead atoms. The molecule has 0 amide bonds. The Morgan fingerprint density at radius 2 is 2.17 bits per heavy atom. The third kappa shape index (κ3) is 1.97. The van der Waals surface area contributed by atoms with Crippen molar-refractivity contribution in [1.29, 1.82) is 0 Å². The van der Waals surface area contributed by atoms with Crippen LogP contribution in [0.5, 0.6) is 0 Å². The summed E-state index contributed by atoms with van der Waals surface area (Å²) in [6.45, 7) is 2.08. The Morgan fingerprint density at radius 1 is 1.39 bits per heavy atom. The van der Waals surface area contributed by atoms with E-state index < -0.39 is 0 Å². The lowest BCUT2D eigenvalue weighted by Gasteiger charge is -2.10. The number of halogens is 2. The summed E-state index contributed by atoms with van der Waals surface area (Å²) in [6.07, 6.45) is 2.39. The summed E-state index contributed by atoms with van der Waals surface area (Å²) in [7, 11) is 0. The van der Waals surface area contributed by atoms with E-state index in [0.717, 1.165) is 21.7 Å². The Bertz CT molecular complexity index is 590. The molecular weight excluding hydrogens is 314 g/mol. The zero-order chi connectivity index (χ0) is 12.7. The molecule has 1 aromatic carbocycles. The molecule has 1 aliphatic rings. The van der Waals surface area contributed by atoms with Crippen LogP contribution in [-0.2, 0) is 5.88 Å². The van der Waals surface area contributed by atoms with Gasteiger partial charge in [-0.1, -0.05) is 18.2 Å². The number of hydrogen-bond donors (Lipinski definition) is 0. The van der Waals surface area contributed by atoms with Crippen LogP contribution in [0.3, 0.4) is 0 Å². The van der Waals surface area contributed by atoms with E-state index >= 15 is 0 Å². The molecule has 1 aliphatic carbocycles. The lowest BCUT2D eigenvalue weighted by Crippen LogP contribution is -2.02. The highest BCUT2D eigenvalue weighted by molar-refractivity contribution is 9.10. The van der Waals surface area contributed by atoms with E-state index in [0.29, 0.717) is 11.9 Å². The molecule has 3 rings (SSSR count). The number of nitrogens with zero attached hydrogens (tertiary/aromatic N) is 3. The number of rotatable bonds is 3. The summed E-state index contributed by atoms with van der Waals surface area (Å²) in [4.78, 5) is 0. The second-order valence-corrected chi connectivity index (χ2v) is 5.67. The second-order valence-electron chi connectivity index (χ2n) is 4.61. The van der Waals surface area contributed by atoms with Gasteiger partial charge in [-0.3, -0.25) is 0 Å². The van der Waals surface area contributed by atoms with Crippen LogP contribution in [0.1, 0.15) is 30.3 Å². The fourth-order valence-corrected chi connectivity index (χ4v) is 2.76. The maximum absolute atomic E-state index is 5.94. The normalized spacial score (nSPS) is 15.1. The molecule has 94 valence electrons. The van der Waals surface area contributed by atoms with Crippen LogP contribution in [0.2, 0.25) is 0 Å². The summed E-state index contributed by atoms with van der Waals surface area (Å²) < 4.78 is 3.27. The highest BCUT2D eigenvalue weighted by Gasteiger charge is 2.30. The Kier molecular flexibility index (Phi) is 3.16. The molecule has 1 heterocycles. The Morgan fingerprint density at radius 3 is 2.83 bits per heavy atom. The number of hydrogen-bond acceptors (Lipinski definition) is 2. The van der Waals surface area contributed by atoms with Crippen LogP contribution in [0.15, 0.2) is 22.7 Å². The first-order valence-electron chi connectivity index (χ1n) is 5.97. The standard InChI is InChI=1S/C13H13BrClN3/c1-8-3-2-4-10(12(8)14)13-17-16-11(7-15)18(13)9-5-6-9/h2-4,9H,5-7H2,1H3. The second kappa shape index (κ2) is 4.67. The minimum absolute atomic E-state index is 0.410. The molecule has 0 N–H and O–H groups in total. The lowest BCUT2D eigenvalue weighted by molar-refractivity contribution is 0.711. The summed E-state index contributed by atoms with van der Waals surface area (Å²) in [5.41, 5.74) is 2.29. The monoisotopic (exact) mass is 325 g/mol. The van der Waals surface area contributed by atoms with Crippen LogP contribution in [-0.4, -0.2) is 14.8 Å². The van der Waals surface area contributed by atoms with Gasteiger partial charge in [-0.25, -0.2) is 0 Å². The molecule has 0 spiro atoms. The minimum Gasteiger partial charge on any atom is -0.307 e. The van der Waals surface area contributed by atoms with Gasteiger partial charge in [-0.05, 0) is 41.3 Å². The van der Waals surface area contributed by atoms with Crippen molar-refractivity contribution in [3.63, 3.8) is 0 Å². The highest BCUT2D eigenvalue weighted by Crippen LogP contribution is 2.40. The fourth-order valence-electron chi connectivity index (χ4n) is 2.13. The predicted octanol–water partition coefficient (Wildman–Crippen LogP) is 4.09. The van der Waals surface area contributed by atoms with Gasteiger partial charge in [0.05, 0.1) is 5.88 Å². The first-order chi connectivity index (χ1) is 8.72. The maximum Gasteiger partial charge on any atom is 0.165 e. The Balaban J connectivity index is 2.17. The van der Waals surface area contributed by atoms with Crippen LogP contribution in [0.4, 0.5) is 0 Å². The van der Waals surface area contributed by atoms with E-state index in [1.807, 2.05) is 6.07 Å².